The number of ether oxygens (including phenoxy) is 1. The number of nitrogens with one attached hydrogen (secondary N) is 2. The fourth-order valence-corrected chi connectivity index (χ4v) is 2.76. The van der Waals surface area contributed by atoms with Crippen LogP contribution in [0.5, 0.6) is 0 Å². The van der Waals surface area contributed by atoms with Crippen molar-refractivity contribution in [3.05, 3.63) is 59.3 Å². The van der Waals surface area contributed by atoms with Crippen molar-refractivity contribution < 1.29 is 23.6 Å². The van der Waals surface area contributed by atoms with Gasteiger partial charge in [0.1, 0.15) is 0 Å². The Balaban J connectivity index is 1.35. The molecule has 144 valence electrons. The molecule has 2 heterocycles. The lowest BCUT2D eigenvalue weighted by atomic mass is 10.2. The minimum absolute atomic E-state index is 0.0181. The molecule has 9 nitrogen and oxygen atoms in total. The highest BCUT2D eigenvalue weighted by atomic mass is 32.1. The zero-order valence-electron chi connectivity index (χ0n) is 14.6. The van der Waals surface area contributed by atoms with E-state index in [1.165, 1.54) is 11.3 Å². The molecular formula is C18H16N4O5S. The van der Waals surface area contributed by atoms with Crippen molar-refractivity contribution >= 4 is 29.1 Å². The lowest BCUT2D eigenvalue weighted by Crippen LogP contribution is -2.43. The maximum absolute atomic E-state index is 11.8. The SMILES string of the molecule is O=C(COC(=O)CCc1nc(-c2cccs2)no1)NNC(=O)c1ccccc1. The monoisotopic (exact) mass is 400 g/mol. The molecule has 0 spiro atoms. The number of amides is 2. The minimum atomic E-state index is -0.657. The van der Waals surface area contributed by atoms with Crippen molar-refractivity contribution in [1.82, 2.24) is 21.0 Å². The fraction of sp³-hybridized carbons (Fsp3) is 0.167. The van der Waals surface area contributed by atoms with Crippen LogP contribution in [0.4, 0.5) is 0 Å². The number of hydrogen-bond donors (Lipinski definition) is 2. The smallest absolute Gasteiger partial charge is 0.306 e. The second-order valence-corrected chi connectivity index (χ2v) is 6.47. The molecule has 0 aliphatic carbocycles. The number of thiophene rings is 1. The average Bonchev–Trinajstić information content (AvgIpc) is 3.41. The molecule has 2 amide bonds. The Labute approximate surface area is 163 Å². The van der Waals surface area contributed by atoms with Gasteiger partial charge in [0.2, 0.25) is 11.7 Å². The van der Waals surface area contributed by atoms with Gasteiger partial charge in [0.25, 0.3) is 11.8 Å². The van der Waals surface area contributed by atoms with Crippen LogP contribution in [0.1, 0.15) is 22.7 Å². The highest BCUT2D eigenvalue weighted by Crippen LogP contribution is 2.21. The highest BCUT2D eigenvalue weighted by Gasteiger charge is 2.13. The van der Waals surface area contributed by atoms with Gasteiger partial charge in [-0.05, 0) is 23.6 Å². The molecule has 0 aliphatic heterocycles. The molecule has 0 unspecified atom stereocenters. The van der Waals surface area contributed by atoms with E-state index in [4.69, 9.17) is 9.26 Å². The summed E-state index contributed by atoms with van der Waals surface area (Å²) in [5.74, 6) is -0.958. The summed E-state index contributed by atoms with van der Waals surface area (Å²) in [4.78, 5) is 40.2. The van der Waals surface area contributed by atoms with Crippen LogP contribution >= 0.6 is 11.3 Å². The quantitative estimate of drug-likeness (QED) is 0.457. The molecule has 28 heavy (non-hydrogen) atoms. The van der Waals surface area contributed by atoms with Crippen molar-refractivity contribution in [2.45, 2.75) is 12.8 Å². The fourth-order valence-electron chi connectivity index (χ4n) is 2.11. The number of nitrogens with zero attached hydrogens (tertiary/aromatic N) is 2. The van der Waals surface area contributed by atoms with Gasteiger partial charge in [-0.15, -0.1) is 11.3 Å². The predicted molar refractivity (Wildman–Crippen MR) is 98.9 cm³/mol. The number of rotatable bonds is 7. The maximum atomic E-state index is 11.8. The zero-order chi connectivity index (χ0) is 19.8. The molecule has 3 rings (SSSR count). The molecule has 2 N–H and O–H groups in total. The number of hydrogen-bond acceptors (Lipinski definition) is 8. The van der Waals surface area contributed by atoms with Crippen molar-refractivity contribution in [2.75, 3.05) is 6.61 Å². The second kappa shape index (κ2) is 9.42. The van der Waals surface area contributed by atoms with Crippen molar-refractivity contribution in [1.29, 1.82) is 0 Å². The maximum Gasteiger partial charge on any atom is 0.306 e. The van der Waals surface area contributed by atoms with Crippen LogP contribution < -0.4 is 10.9 Å². The number of aromatic nitrogens is 2. The summed E-state index contributed by atoms with van der Waals surface area (Å²) in [5, 5.41) is 5.74. The summed E-state index contributed by atoms with van der Waals surface area (Å²) in [6.45, 7) is -0.516. The molecule has 10 heteroatoms. The van der Waals surface area contributed by atoms with Gasteiger partial charge in [-0.1, -0.05) is 29.4 Å². The lowest BCUT2D eigenvalue weighted by molar-refractivity contribution is -0.148. The van der Waals surface area contributed by atoms with Crippen LogP contribution in [0.25, 0.3) is 10.7 Å². The van der Waals surface area contributed by atoms with E-state index in [0.717, 1.165) is 4.88 Å². The molecule has 0 aliphatic rings. The molecule has 0 saturated heterocycles. The van der Waals surface area contributed by atoms with Crippen LogP contribution in [-0.4, -0.2) is 34.5 Å². The number of esters is 1. The van der Waals surface area contributed by atoms with Gasteiger partial charge in [-0.25, -0.2) is 0 Å². The molecule has 0 radical (unpaired) electrons. The van der Waals surface area contributed by atoms with Crippen LogP contribution in [0.3, 0.4) is 0 Å². The van der Waals surface area contributed by atoms with Gasteiger partial charge in [0.15, 0.2) is 6.61 Å². The predicted octanol–water partition coefficient (Wildman–Crippen LogP) is 1.74. The summed E-state index contributed by atoms with van der Waals surface area (Å²) in [7, 11) is 0. The van der Waals surface area contributed by atoms with Gasteiger partial charge >= 0.3 is 5.97 Å². The molecule has 3 aromatic rings. The van der Waals surface area contributed by atoms with Gasteiger partial charge < -0.3 is 9.26 Å². The van der Waals surface area contributed by atoms with E-state index in [0.29, 0.717) is 17.3 Å². The molecule has 1 aromatic carbocycles. The summed E-state index contributed by atoms with van der Waals surface area (Å²) < 4.78 is 9.93. The summed E-state index contributed by atoms with van der Waals surface area (Å²) >= 11 is 1.48. The normalized spacial score (nSPS) is 10.3. The Morgan fingerprint density at radius 1 is 1.07 bits per heavy atom. The summed E-state index contributed by atoms with van der Waals surface area (Å²) in [5.41, 5.74) is 4.80. The number of carbonyl (C=O) groups excluding carboxylic acids is 3. The molecule has 0 saturated carbocycles. The van der Waals surface area contributed by atoms with E-state index in [9.17, 15) is 14.4 Å². The Morgan fingerprint density at radius 3 is 2.64 bits per heavy atom. The zero-order valence-corrected chi connectivity index (χ0v) is 15.4. The third-order valence-electron chi connectivity index (χ3n) is 3.47. The van der Waals surface area contributed by atoms with E-state index < -0.39 is 24.4 Å². The Bertz CT molecular complexity index is 940. The van der Waals surface area contributed by atoms with E-state index in [2.05, 4.69) is 21.0 Å². The number of hydrazine groups is 1. The topological polar surface area (TPSA) is 123 Å². The van der Waals surface area contributed by atoms with E-state index in [1.807, 2.05) is 17.5 Å². The van der Waals surface area contributed by atoms with Crippen LogP contribution in [0.15, 0.2) is 52.4 Å². The third-order valence-corrected chi connectivity index (χ3v) is 4.33. The molecule has 2 aromatic heterocycles. The van der Waals surface area contributed by atoms with Gasteiger partial charge in [-0.3, -0.25) is 25.2 Å². The summed E-state index contributed by atoms with van der Waals surface area (Å²) in [6, 6.07) is 12.1. The van der Waals surface area contributed by atoms with E-state index in [-0.39, 0.29) is 12.8 Å². The number of benzene rings is 1. The van der Waals surface area contributed by atoms with Crippen molar-refractivity contribution in [2.24, 2.45) is 0 Å². The van der Waals surface area contributed by atoms with Crippen LogP contribution in [-0.2, 0) is 20.7 Å². The molecule has 0 fully saturated rings. The molecule has 0 bridgehead atoms. The first kappa shape index (κ1) is 19.2. The van der Waals surface area contributed by atoms with Crippen LogP contribution in [0, 0.1) is 0 Å². The molecule has 0 atom stereocenters. The number of carbonyl (C=O) groups is 3. The standard InChI is InChI=1S/C18H16N4O5S/c23-14(20-21-18(25)12-5-2-1-3-6-12)11-26-16(24)9-8-15-19-17(22-27-15)13-7-4-10-28-13/h1-7,10H,8-9,11H2,(H,20,23)(H,21,25). The summed E-state index contributed by atoms with van der Waals surface area (Å²) in [6.07, 6.45) is 0.180. The van der Waals surface area contributed by atoms with Gasteiger partial charge in [0, 0.05) is 12.0 Å². The van der Waals surface area contributed by atoms with E-state index >= 15 is 0 Å². The highest BCUT2D eigenvalue weighted by molar-refractivity contribution is 7.13. The average molecular weight is 400 g/mol. The first-order chi connectivity index (χ1) is 13.6. The Kier molecular flexibility index (Phi) is 6.47. The van der Waals surface area contributed by atoms with Crippen molar-refractivity contribution in [3.63, 3.8) is 0 Å². The first-order valence-electron chi connectivity index (χ1n) is 8.28. The number of aryl methyl sites for hydroxylation is 1. The molecular weight excluding hydrogens is 384 g/mol. The van der Waals surface area contributed by atoms with Crippen LogP contribution in [0.2, 0.25) is 0 Å². The first-order valence-corrected chi connectivity index (χ1v) is 9.16. The minimum Gasteiger partial charge on any atom is -0.455 e. The van der Waals surface area contributed by atoms with E-state index in [1.54, 1.807) is 30.3 Å². The Morgan fingerprint density at radius 2 is 1.89 bits per heavy atom. The van der Waals surface area contributed by atoms with Gasteiger partial charge in [0.05, 0.1) is 11.3 Å². The largest absolute Gasteiger partial charge is 0.455 e. The van der Waals surface area contributed by atoms with Gasteiger partial charge in [-0.2, -0.15) is 4.98 Å². The second-order valence-electron chi connectivity index (χ2n) is 5.52. The Hall–Kier alpha value is -3.53. The van der Waals surface area contributed by atoms with Crippen molar-refractivity contribution in [3.8, 4) is 10.7 Å². The lowest BCUT2D eigenvalue weighted by Gasteiger charge is -2.07. The third kappa shape index (κ3) is 5.48.